The van der Waals surface area contributed by atoms with Gasteiger partial charge in [0.05, 0.1) is 6.10 Å². The molecule has 2 atom stereocenters. The Balaban J connectivity index is 2.06. The topological polar surface area (TPSA) is 36.4 Å². The summed E-state index contributed by atoms with van der Waals surface area (Å²) < 4.78 is 0. The van der Waals surface area contributed by atoms with Crippen molar-refractivity contribution in [3.05, 3.63) is 23.9 Å². The molecular formula is C13H20N2OS. The third-order valence-corrected chi connectivity index (χ3v) is 4.54. The highest BCUT2D eigenvalue weighted by Gasteiger charge is 2.19. The minimum Gasteiger partial charge on any atom is -0.389 e. The number of hydrogen-bond acceptors (Lipinski definition) is 4. The van der Waals surface area contributed by atoms with Crippen LogP contribution < -0.4 is 4.90 Å². The lowest BCUT2D eigenvalue weighted by Crippen LogP contribution is -2.38. The Bertz CT molecular complexity index is 353. The first-order valence-electron chi connectivity index (χ1n) is 6.21. The summed E-state index contributed by atoms with van der Waals surface area (Å²) in [5.41, 5.74) is 0.882. The first-order chi connectivity index (χ1) is 8.20. The van der Waals surface area contributed by atoms with Crippen molar-refractivity contribution in [1.82, 2.24) is 4.98 Å². The second-order valence-corrected chi connectivity index (χ2v) is 5.88. The fourth-order valence-electron chi connectivity index (χ4n) is 2.01. The lowest BCUT2D eigenvalue weighted by atomic mass is 10.2. The summed E-state index contributed by atoms with van der Waals surface area (Å²) in [4.78, 5) is 6.79. The molecule has 3 nitrogen and oxygen atoms in total. The maximum absolute atomic E-state index is 9.45. The fourth-order valence-corrected chi connectivity index (χ4v) is 3.19. The quantitative estimate of drug-likeness (QED) is 0.896. The molecule has 2 heterocycles. The van der Waals surface area contributed by atoms with Gasteiger partial charge in [-0.05, 0) is 25.0 Å². The molecule has 1 aliphatic rings. The number of aliphatic hydroxyl groups is 1. The van der Waals surface area contributed by atoms with Gasteiger partial charge in [-0.1, -0.05) is 13.0 Å². The molecule has 1 aromatic rings. The summed E-state index contributed by atoms with van der Waals surface area (Å²) >= 11 is 2.06. The van der Waals surface area contributed by atoms with Gasteiger partial charge >= 0.3 is 0 Å². The van der Waals surface area contributed by atoms with E-state index in [4.69, 9.17) is 0 Å². The summed E-state index contributed by atoms with van der Waals surface area (Å²) in [6, 6.07) is 3.99. The molecule has 2 rings (SSSR count). The van der Waals surface area contributed by atoms with E-state index in [9.17, 15) is 5.11 Å². The smallest absolute Gasteiger partial charge is 0.128 e. The van der Waals surface area contributed by atoms with Crippen molar-refractivity contribution in [2.75, 3.05) is 23.7 Å². The van der Waals surface area contributed by atoms with Crippen molar-refractivity contribution in [2.45, 2.75) is 31.6 Å². The fraction of sp³-hybridized carbons (Fsp3) is 0.615. The zero-order chi connectivity index (χ0) is 12.3. The van der Waals surface area contributed by atoms with Crippen LogP contribution in [0.4, 0.5) is 5.82 Å². The van der Waals surface area contributed by atoms with E-state index >= 15 is 0 Å². The van der Waals surface area contributed by atoms with Gasteiger partial charge in [-0.2, -0.15) is 11.8 Å². The first-order valence-corrected chi connectivity index (χ1v) is 7.26. The summed E-state index contributed by atoms with van der Waals surface area (Å²) in [5.74, 6) is 2.21. The number of nitrogens with zero attached hydrogens (tertiary/aromatic N) is 2. The monoisotopic (exact) mass is 252 g/mol. The third-order valence-electron chi connectivity index (χ3n) is 3.17. The van der Waals surface area contributed by atoms with E-state index in [1.165, 1.54) is 12.2 Å². The van der Waals surface area contributed by atoms with Gasteiger partial charge in [0.25, 0.3) is 0 Å². The predicted octanol–water partition coefficient (Wildman–Crippen LogP) is 2.47. The number of aromatic nitrogens is 1. The molecule has 1 fully saturated rings. The van der Waals surface area contributed by atoms with Gasteiger partial charge in [-0.15, -0.1) is 0 Å². The normalized spacial score (nSPS) is 22.5. The van der Waals surface area contributed by atoms with Crippen molar-refractivity contribution >= 4 is 17.6 Å². The lowest BCUT2D eigenvalue weighted by Gasteiger charge is -2.32. The molecule has 1 saturated heterocycles. The Kier molecular flexibility index (Phi) is 4.29. The van der Waals surface area contributed by atoms with E-state index in [1.54, 1.807) is 13.1 Å². The molecule has 17 heavy (non-hydrogen) atoms. The van der Waals surface area contributed by atoms with Gasteiger partial charge < -0.3 is 10.0 Å². The molecule has 0 amide bonds. The predicted molar refractivity (Wildman–Crippen MR) is 73.6 cm³/mol. The van der Waals surface area contributed by atoms with E-state index < -0.39 is 6.10 Å². The highest BCUT2D eigenvalue weighted by Crippen LogP contribution is 2.25. The Morgan fingerprint density at radius 1 is 1.59 bits per heavy atom. The number of pyridine rings is 1. The van der Waals surface area contributed by atoms with Gasteiger partial charge in [0, 0.05) is 30.3 Å². The molecule has 0 aromatic carbocycles. The Morgan fingerprint density at radius 3 is 3.00 bits per heavy atom. The zero-order valence-electron chi connectivity index (χ0n) is 10.5. The Hall–Kier alpha value is -0.740. The molecule has 0 saturated carbocycles. The van der Waals surface area contributed by atoms with E-state index in [1.807, 2.05) is 12.1 Å². The highest BCUT2D eigenvalue weighted by atomic mass is 32.2. The summed E-state index contributed by atoms with van der Waals surface area (Å²) in [7, 11) is 0. The van der Waals surface area contributed by atoms with Crippen LogP contribution in [0.1, 0.15) is 31.9 Å². The van der Waals surface area contributed by atoms with Crippen LogP contribution in [-0.2, 0) is 0 Å². The van der Waals surface area contributed by atoms with Crippen LogP contribution >= 0.6 is 11.8 Å². The maximum Gasteiger partial charge on any atom is 0.128 e. The largest absolute Gasteiger partial charge is 0.389 e. The van der Waals surface area contributed by atoms with E-state index in [0.29, 0.717) is 0 Å². The minimum absolute atomic E-state index is 0.433. The second kappa shape index (κ2) is 5.74. The molecular weight excluding hydrogens is 232 g/mol. The van der Waals surface area contributed by atoms with Gasteiger partial charge in [0.15, 0.2) is 0 Å². The van der Waals surface area contributed by atoms with Crippen LogP contribution in [0, 0.1) is 0 Å². The molecule has 1 aromatic heterocycles. The van der Waals surface area contributed by atoms with Gasteiger partial charge in [0.2, 0.25) is 0 Å². The number of aliphatic hydroxyl groups excluding tert-OH is 1. The van der Waals surface area contributed by atoms with E-state index in [2.05, 4.69) is 28.6 Å². The molecule has 0 bridgehead atoms. The molecule has 0 radical (unpaired) electrons. The Morgan fingerprint density at radius 2 is 2.41 bits per heavy atom. The van der Waals surface area contributed by atoms with Gasteiger partial charge in [-0.3, -0.25) is 0 Å². The maximum atomic E-state index is 9.45. The second-order valence-electron chi connectivity index (χ2n) is 4.47. The highest BCUT2D eigenvalue weighted by molar-refractivity contribution is 8.00. The van der Waals surface area contributed by atoms with Crippen molar-refractivity contribution < 1.29 is 5.11 Å². The van der Waals surface area contributed by atoms with Crippen LogP contribution in [0.5, 0.6) is 0 Å². The van der Waals surface area contributed by atoms with Crippen LogP contribution in [0.3, 0.4) is 0 Å². The average Bonchev–Trinajstić information content (AvgIpc) is 2.39. The molecule has 1 N–H and O–H groups in total. The lowest BCUT2D eigenvalue weighted by molar-refractivity contribution is 0.199. The van der Waals surface area contributed by atoms with Crippen LogP contribution in [-0.4, -0.2) is 34.2 Å². The number of hydrogen-bond donors (Lipinski definition) is 1. The molecule has 1 unspecified atom stereocenters. The first kappa shape index (κ1) is 12.7. The molecule has 0 aliphatic carbocycles. The zero-order valence-corrected chi connectivity index (χ0v) is 11.3. The van der Waals surface area contributed by atoms with Crippen molar-refractivity contribution in [2.24, 2.45) is 0 Å². The SMILES string of the molecule is CCC1CN(c2ccc([C@@H](C)O)cn2)CCS1. The average molecular weight is 252 g/mol. The standard InChI is InChI=1S/C13H20N2OS/c1-3-12-9-15(6-7-17-12)13-5-4-11(8-14-13)10(2)16/h4-5,8,10,12,16H,3,6-7,9H2,1-2H3/t10-,12?/m1/s1. The molecule has 4 heteroatoms. The third kappa shape index (κ3) is 3.13. The van der Waals surface area contributed by atoms with Crippen LogP contribution in [0.2, 0.25) is 0 Å². The van der Waals surface area contributed by atoms with Crippen molar-refractivity contribution in [3.63, 3.8) is 0 Å². The van der Waals surface area contributed by atoms with E-state index in [0.717, 1.165) is 29.7 Å². The number of thioether (sulfide) groups is 1. The number of anilines is 1. The van der Waals surface area contributed by atoms with E-state index in [-0.39, 0.29) is 0 Å². The molecule has 94 valence electrons. The van der Waals surface area contributed by atoms with Gasteiger partial charge in [-0.25, -0.2) is 4.98 Å². The Labute approximate surface area is 107 Å². The molecule has 0 spiro atoms. The minimum atomic E-state index is -0.433. The van der Waals surface area contributed by atoms with Crippen molar-refractivity contribution in [1.29, 1.82) is 0 Å². The van der Waals surface area contributed by atoms with Crippen LogP contribution in [0.25, 0.3) is 0 Å². The van der Waals surface area contributed by atoms with Crippen molar-refractivity contribution in [3.8, 4) is 0 Å². The van der Waals surface area contributed by atoms with Crippen LogP contribution in [0.15, 0.2) is 18.3 Å². The molecule has 1 aliphatic heterocycles. The summed E-state index contributed by atoms with van der Waals surface area (Å²) in [6.45, 7) is 6.16. The van der Waals surface area contributed by atoms with Gasteiger partial charge in [0.1, 0.15) is 5.82 Å². The summed E-state index contributed by atoms with van der Waals surface area (Å²) in [5, 5.41) is 10.2. The summed E-state index contributed by atoms with van der Waals surface area (Å²) in [6.07, 6.45) is 2.56. The number of rotatable bonds is 3.